The number of nitrogens with zero attached hydrogens (tertiary/aromatic N) is 2. The van der Waals surface area contributed by atoms with E-state index >= 15 is 0 Å². The molecule has 6 nitrogen and oxygen atoms in total. The number of ether oxygens (including phenoxy) is 1. The summed E-state index contributed by atoms with van der Waals surface area (Å²) in [5, 5.41) is 3.84. The third-order valence-corrected chi connectivity index (χ3v) is 3.74. The van der Waals surface area contributed by atoms with E-state index in [2.05, 4.69) is 20.3 Å². The maximum Gasteiger partial charge on any atom is 0.267 e. The van der Waals surface area contributed by atoms with Gasteiger partial charge in [0.2, 0.25) is 0 Å². The Morgan fingerprint density at radius 2 is 1.92 bits per heavy atom. The SMILES string of the molecule is COc1ccc2[nH]c(C(=O)NCCc3nc(C)cc(C)n3)cc2c1. The molecule has 0 aliphatic carbocycles. The lowest BCUT2D eigenvalue weighted by molar-refractivity contribution is 0.0950. The summed E-state index contributed by atoms with van der Waals surface area (Å²) in [7, 11) is 1.62. The summed E-state index contributed by atoms with van der Waals surface area (Å²) in [6.07, 6.45) is 0.600. The van der Waals surface area contributed by atoms with Crippen molar-refractivity contribution in [3.05, 3.63) is 53.2 Å². The highest BCUT2D eigenvalue weighted by molar-refractivity contribution is 5.98. The number of benzene rings is 1. The number of carbonyl (C=O) groups excluding carboxylic acids is 1. The Kier molecular flexibility index (Phi) is 4.46. The van der Waals surface area contributed by atoms with Gasteiger partial charge in [0, 0.05) is 35.3 Å². The number of hydrogen-bond donors (Lipinski definition) is 2. The number of aryl methyl sites for hydroxylation is 2. The Labute approximate surface area is 140 Å². The van der Waals surface area contributed by atoms with Crippen molar-refractivity contribution < 1.29 is 9.53 Å². The van der Waals surface area contributed by atoms with Crippen LogP contribution in [0.1, 0.15) is 27.7 Å². The molecule has 0 spiro atoms. The molecule has 2 N–H and O–H groups in total. The second-order valence-electron chi connectivity index (χ2n) is 5.71. The first-order chi connectivity index (χ1) is 11.5. The third kappa shape index (κ3) is 3.53. The Morgan fingerprint density at radius 1 is 1.17 bits per heavy atom. The third-order valence-electron chi connectivity index (χ3n) is 3.74. The van der Waals surface area contributed by atoms with Crippen LogP contribution in [0.2, 0.25) is 0 Å². The van der Waals surface area contributed by atoms with Crippen molar-refractivity contribution in [1.29, 1.82) is 0 Å². The van der Waals surface area contributed by atoms with Crippen molar-refractivity contribution in [2.45, 2.75) is 20.3 Å². The van der Waals surface area contributed by atoms with Crippen LogP contribution in [0.4, 0.5) is 0 Å². The molecule has 24 heavy (non-hydrogen) atoms. The molecule has 124 valence electrons. The number of aromatic amines is 1. The molecule has 2 aromatic heterocycles. The van der Waals surface area contributed by atoms with E-state index in [0.717, 1.165) is 33.9 Å². The molecule has 0 saturated carbocycles. The highest BCUT2D eigenvalue weighted by atomic mass is 16.5. The van der Waals surface area contributed by atoms with Gasteiger partial charge >= 0.3 is 0 Å². The standard InChI is InChI=1S/C18H20N4O2/c1-11-8-12(2)21-17(20-11)6-7-19-18(23)16-10-13-9-14(24-3)4-5-15(13)22-16/h4-5,8-10,22H,6-7H2,1-3H3,(H,19,23). The van der Waals surface area contributed by atoms with Gasteiger partial charge in [0.15, 0.2) is 0 Å². The summed E-state index contributed by atoms with van der Waals surface area (Å²) in [5.74, 6) is 1.36. The van der Waals surface area contributed by atoms with Crippen molar-refractivity contribution in [1.82, 2.24) is 20.3 Å². The monoisotopic (exact) mass is 324 g/mol. The van der Waals surface area contributed by atoms with E-state index in [-0.39, 0.29) is 5.91 Å². The van der Waals surface area contributed by atoms with Crippen LogP contribution >= 0.6 is 0 Å². The number of aromatic nitrogens is 3. The van der Waals surface area contributed by atoms with Crippen molar-refractivity contribution in [2.75, 3.05) is 13.7 Å². The summed E-state index contributed by atoms with van der Waals surface area (Å²) in [4.78, 5) is 24.1. The average molecular weight is 324 g/mol. The quantitative estimate of drug-likeness (QED) is 0.756. The first-order valence-electron chi connectivity index (χ1n) is 7.81. The molecule has 2 heterocycles. The van der Waals surface area contributed by atoms with E-state index < -0.39 is 0 Å². The van der Waals surface area contributed by atoms with E-state index in [9.17, 15) is 4.79 Å². The summed E-state index contributed by atoms with van der Waals surface area (Å²) < 4.78 is 5.20. The maximum atomic E-state index is 12.3. The normalized spacial score (nSPS) is 10.8. The molecule has 1 amide bonds. The topological polar surface area (TPSA) is 79.9 Å². The van der Waals surface area contributed by atoms with E-state index in [1.54, 1.807) is 7.11 Å². The van der Waals surface area contributed by atoms with E-state index in [4.69, 9.17) is 4.74 Å². The molecule has 6 heteroatoms. The minimum atomic E-state index is -0.144. The fourth-order valence-electron chi connectivity index (χ4n) is 2.65. The van der Waals surface area contributed by atoms with E-state index in [1.165, 1.54) is 0 Å². The lowest BCUT2D eigenvalue weighted by Gasteiger charge is -2.05. The largest absolute Gasteiger partial charge is 0.497 e. The summed E-state index contributed by atoms with van der Waals surface area (Å²) in [5.41, 5.74) is 3.31. The predicted octanol–water partition coefficient (Wildman–Crippen LogP) is 2.56. The molecule has 0 saturated heterocycles. The van der Waals surface area contributed by atoms with Crippen LogP contribution in [0.5, 0.6) is 5.75 Å². The Balaban J connectivity index is 1.64. The van der Waals surface area contributed by atoms with Gasteiger partial charge in [-0.05, 0) is 44.2 Å². The first kappa shape index (κ1) is 16.0. The van der Waals surface area contributed by atoms with Crippen molar-refractivity contribution in [2.24, 2.45) is 0 Å². The minimum Gasteiger partial charge on any atom is -0.497 e. The molecule has 0 aliphatic heterocycles. The number of amides is 1. The fraction of sp³-hybridized carbons (Fsp3) is 0.278. The second kappa shape index (κ2) is 6.70. The number of H-pyrrole nitrogens is 1. The maximum absolute atomic E-state index is 12.3. The van der Waals surface area contributed by atoms with Gasteiger partial charge in [0.1, 0.15) is 17.3 Å². The fourth-order valence-corrected chi connectivity index (χ4v) is 2.65. The highest BCUT2D eigenvalue weighted by Crippen LogP contribution is 2.21. The van der Waals surface area contributed by atoms with Gasteiger partial charge in [-0.1, -0.05) is 0 Å². The molecule has 0 atom stereocenters. The number of fused-ring (bicyclic) bond motifs is 1. The Bertz CT molecular complexity index is 866. The van der Waals surface area contributed by atoms with Crippen LogP contribution < -0.4 is 10.1 Å². The molecule has 1 aromatic carbocycles. The lowest BCUT2D eigenvalue weighted by atomic mass is 10.2. The molecule has 0 fully saturated rings. The average Bonchev–Trinajstić information content (AvgIpc) is 2.97. The molecule has 3 rings (SSSR count). The molecular weight excluding hydrogens is 304 g/mol. The molecule has 0 bridgehead atoms. The van der Waals surface area contributed by atoms with Gasteiger partial charge in [0.25, 0.3) is 5.91 Å². The Morgan fingerprint density at radius 3 is 2.62 bits per heavy atom. The van der Waals surface area contributed by atoms with Crippen LogP contribution in [0.15, 0.2) is 30.3 Å². The summed E-state index contributed by atoms with van der Waals surface area (Å²) >= 11 is 0. The second-order valence-corrected chi connectivity index (χ2v) is 5.71. The molecule has 3 aromatic rings. The molecule has 0 radical (unpaired) electrons. The van der Waals surface area contributed by atoms with Gasteiger partial charge in [-0.25, -0.2) is 9.97 Å². The van der Waals surface area contributed by atoms with Crippen LogP contribution in [0.25, 0.3) is 10.9 Å². The number of methoxy groups -OCH3 is 1. The van der Waals surface area contributed by atoms with Gasteiger partial charge in [-0.2, -0.15) is 0 Å². The minimum absolute atomic E-state index is 0.144. The van der Waals surface area contributed by atoms with Crippen LogP contribution in [0, 0.1) is 13.8 Å². The number of nitrogens with one attached hydrogen (secondary N) is 2. The first-order valence-corrected chi connectivity index (χ1v) is 7.81. The van der Waals surface area contributed by atoms with Gasteiger partial charge in [-0.3, -0.25) is 4.79 Å². The molecular formula is C18H20N4O2. The summed E-state index contributed by atoms with van der Waals surface area (Å²) in [6, 6.07) is 9.40. The van der Waals surface area contributed by atoms with Crippen molar-refractivity contribution in [3.63, 3.8) is 0 Å². The zero-order chi connectivity index (χ0) is 17.1. The Hall–Kier alpha value is -2.89. The zero-order valence-electron chi connectivity index (χ0n) is 14.0. The van der Waals surface area contributed by atoms with Crippen molar-refractivity contribution >= 4 is 16.8 Å². The highest BCUT2D eigenvalue weighted by Gasteiger charge is 2.10. The lowest BCUT2D eigenvalue weighted by Crippen LogP contribution is -2.26. The number of rotatable bonds is 5. The van der Waals surface area contributed by atoms with Gasteiger partial charge < -0.3 is 15.0 Å². The summed E-state index contributed by atoms with van der Waals surface area (Å²) in [6.45, 7) is 4.37. The van der Waals surface area contributed by atoms with Crippen molar-refractivity contribution in [3.8, 4) is 5.75 Å². The van der Waals surface area contributed by atoms with Gasteiger partial charge in [0.05, 0.1) is 7.11 Å². The smallest absolute Gasteiger partial charge is 0.267 e. The van der Waals surface area contributed by atoms with E-state index in [1.807, 2.05) is 44.2 Å². The van der Waals surface area contributed by atoms with Gasteiger partial charge in [-0.15, -0.1) is 0 Å². The molecule has 0 unspecified atom stereocenters. The van der Waals surface area contributed by atoms with Crippen LogP contribution in [0.3, 0.4) is 0 Å². The zero-order valence-corrected chi connectivity index (χ0v) is 14.0. The van der Waals surface area contributed by atoms with E-state index in [0.29, 0.717) is 18.7 Å². The predicted molar refractivity (Wildman–Crippen MR) is 92.4 cm³/mol. The number of hydrogen-bond acceptors (Lipinski definition) is 4. The van der Waals surface area contributed by atoms with Crippen LogP contribution in [-0.2, 0) is 6.42 Å². The molecule has 0 aliphatic rings. The van der Waals surface area contributed by atoms with Crippen LogP contribution in [-0.4, -0.2) is 34.5 Å². The number of carbonyl (C=O) groups is 1.